The molecule has 152 valence electrons. The Kier molecular flexibility index (Phi) is 6.85. The third-order valence-electron chi connectivity index (χ3n) is 4.53. The molecule has 1 aromatic carbocycles. The van der Waals surface area contributed by atoms with Gasteiger partial charge >= 0.3 is 0 Å². The largest absolute Gasteiger partial charge is 0.376 e. The topological polar surface area (TPSA) is 83.4 Å². The van der Waals surface area contributed by atoms with Gasteiger partial charge in [0.2, 0.25) is 10.0 Å². The van der Waals surface area contributed by atoms with Crippen LogP contribution in [-0.2, 0) is 19.6 Å². The molecule has 2 atom stereocenters. The summed E-state index contributed by atoms with van der Waals surface area (Å²) in [7, 11) is 3.09. The van der Waals surface area contributed by atoms with Crippen molar-refractivity contribution in [3.05, 3.63) is 18.2 Å². The number of benzene rings is 1. The quantitative estimate of drug-likeness (QED) is 0.682. The Morgan fingerprint density at radius 2 is 1.78 bits per heavy atom. The van der Waals surface area contributed by atoms with Crippen LogP contribution in [0.25, 0.3) is 0 Å². The van der Waals surface area contributed by atoms with Gasteiger partial charge in [-0.2, -0.15) is 0 Å². The molecule has 2 rings (SSSR count). The van der Waals surface area contributed by atoms with Crippen LogP contribution in [-0.4, -0.2) is 78.7 Å². The van der Waals surface area contributed by atoms with Gasteiger partial charge in [-0.25, -0.2) is 12.7 Å². The van der Waals surface area contributed by atoms with Gasteiger partial charge in [-0.3, -0.25) is 4.79 Å². The maximum atomic E-state index is 12.6. The number of amides is 1. The molecule has 0 bridgehead atoms. The standard InChI is InChI=1S/C18H30N4O4S/c1-13-10-22(11-14(2)26-13)12-18(23)19-16-9-15(27(24,25)21(5)6)7-8-17(16)20(3)4/h7-9,13-14H,10-12H2,1-6H3,(H,19,23)/p+1/t13-,14-/m1/s1. The van der Waals surface area contributed by atoms with Crippen molar-refractivity contribution < 1.29 is 22.8 Å². The number of anilines is 2. The molecule has 0 aromatic heterocycles. The van der Waals surface area contributed by atoms with E-state index in [2.05, 4.69) is 5.32 Å². The van der Waals surface area contributed by atoms with Crippen molar-refractivity contribution in [1.82, 2.24) is 4.31 Å². The van der Waals surface area contributed by atoms with E-state index in [4.69, 9.17) is 4.74 Å². The van der Waals surface area contributed by atoms with Crippen LogP contribution in [0.1, 0.15) is 13.8 Å². The molecule has 1 saturated heterocycles. The summed E-state index contributed by atoms with van der Waals surface area (Å²) in [4.78, 5) is 15.8. The van der Waals surface area contributed by atoms with Gasteiger partial charge in [-0.05, 0) is 32.0 Å². The van der Waals surface area contributed by atoms with E-state index in [0.717, 1.165) is 28.0 Å². The molecule has 0 aliphatic carbocycles. The molecular formula is C18H31N4O4S+. The minimum Gasteiger partial charge on any atom is -0.376 e. The average molecular weight is 400 g/mol. The zero-order valence-electron chi connectivity index (χ0n) is 16.9. The predicted octanol–water partition coefficient (Wildman–Crippen LogP) is -0.366. The molecule has 27 heavy (non-hydrogen) atoms. The highest BCUT2D eigenvalue weighted by atomic mass is 32.2. The number of sulfonamides is 1. The fourth-order valence-electron chi connectivity index (χ4n) is 3.33. The lowest BCUT2D eigenvalue weighted by Crippen LogP contribution is -3.16. The fourth-order valence-corrected chi connectivity index (χ4v) is 4.26. The monoisotopic (exact) mass is 399 g/mol. The zero-order chi connectivity index (χ0) is 20.4. The summed E-state index contributed by atoms with van der Waals surface area (Å²) in [6.45, 7) is 5.87. The Morgan fingerprint density at radius 1 is 1.19 bits per heavy atom. The second kappa shape index (κ2) is 8.55. The Labute approximate surface area is 162 Å². The minimum absolute atomic E-state index is 0.113. The third-order valence-corrected chi connectivity index (χ3v) is 6.34. The lowest BCUT2D eigenvalue weighted by Gasteiger charge is -2.32. The first-order valence-electron chi connectivity index (χ1n) is 9.03. The van der Waals surface area contributed by atoms with Crippen LogP contribution >= 0.6 is 0 Å². The molecule has 0 unspecified atom stereocenters. The number of nitrogens with one attached hydrogen (secondary N) is 2. The number of carbonyl (C=O) groups excluding carboxylic acids is 1. The van der Waals surface area contributed by atoms with E-state index in [1.807, 2.05) is 32.8 Å². The van der Waals surface area contributed by atoms with Crippen LogP contribution < -0.4 is 15.1 Å². The highest BCUT2D eigenvalue weighted by Crippen LogP contribution is 2.28. The summed E-state index contributed by atoms with van der Waals surface area (Å²) >= 11 is 0. The summed E-state index contributed by atoms with van der Waals surface area (Å²) in [5, 5.41) is 2.90. The Balaban J connectivity index is 2.21. The van der Waals surface area contributed by atoms with E-state index >= 15 is 0 Å². The van der Waals surface area contributed by atoms with E-state index in [9.17, 15) is 13.2 Å². The van der Waals surface area contributed by atoms with Crippen molar-refractivity contribution in [1.29, 1.82) is 0 Å². The maximum absolute atomic E-state index is 12.6. The van der Waals surface area contributed by atoms with Crippen molar-refractivity contribution in [2.45, 2.75) is 31.0 Å². The summed E-state index contributed by atoms with van der Waals surface area (Å²) < 4.78 is 31.7. The molecule has 9 heteroatoms. The average Bonchev–Trinajstić information content (AvgIpc) is 2.53. The number of nitrogens with zero attached hydrogens (tertiary/aromatic N) is 2. The molecular weight excluding hydrogens is 368 g/mol. The van der Waals surface area contributed by atoms with Crippen molar-refractivity contribution in [2.75, 3.05) is 58.0 Å². The van der Waals surface area contributed by atoms with Gasteiger partial charge in [0.15, 0.2) is 6.54 Å². The lowest BCUT2D eigenvalue weighted by atomic mass is 10.2. The molecule has 0 saturated carbocycles. The molecule has 1 aliphatic rings. The molecule has 1 heterocycles. The van der Waals surface area contributed by atoms with Gasteiger partial charge in [-0.1, -0.05) is 0 Å². The number of carbonyl (C=O) groups is 1. The maximum Gasteiger partial charge on any atom is 0.279 e. The van der Waals surface area contributed by atoms with E-state index in [-0.39, 0.29) is 23.0 Å². The van der Waals surface area contributed by atoms with Crippen molar-refractivity contribution in [3.63, 3.8) is 0 Å². The number of morpholine rings is 1. The molecule has 0 spiro atoms. The molecule has 0 radical (unpaired) electrons. The van der Waals surface area contributed by atoms with Crippen LogP contribution in [0.15, 0.2) is 23.1 Å². The van der Waals surface area contributed by atoms with Crippen LogP contribution in [0.5, 0.6) is 0 Å². The van der Waals surface area contributed by atoms with Crippen molar-refractivity contribution >= 4 is 27.3 Å². The van der Waals surface area contributed by atoms with Gasteiger partial charge in [0.1, 0.15) is 25.3 Å². The Hall–Kier alpha value is -1.68. The summed E-state index contributed by atoms with van der Waals surface area (Å²) in [5.41, 5.74) is 1.24. The van der Waals surface area contributed by atoms with E-state index < -0.39 is 10.0 Å². The summed E-state index contributed by atoms with van der Waals surface area (Å²) in [5.74, 6) is -0.145. The molecule has 2 N–H and O–H groups in total. The van der Waals surface area contributed by atoms with Gasteiger partial charge in [-0.15, -0.1) is 0 Å². The van der Waals surface area contributed by atoms with Crippen LogP contribution in [0.4, 0.5) is 11.4 Å². The molecule has 1 amide bonds. The fraction of sp³-hybridized carbons (Fsp3) is 0.611. The number of quaternary nitrogens is 1. The van der Waals surface area contributed by atoms with Crippen LogP contribution in [0.2, 0.25) is 0 Å². The highest BCUT2D eigenvalue weighted by Gasteiger charge is 2.27. The minimum atomic E-state index is -3.58. The van der Waals surface area contributed by atoms with E-state index in [1.54, 1.807) is 12.1 Å². The first kappa shape index (κ1) is 21.6. The lowest BCUT2D eigenvalue weighted by molar-refractivity contribution is -0.907. The molecule has 8 nitrogen and oxygen atoms in total. The zero-order valence-corrected chi connectivity index (χ0v) is 17.8. The molecule has 1 aromatic rings. The first-order valence-corrected chi connectivity index (χ1v) is 10.5. The van der Waals surface area contributed by atoms with Crippen LogP contribution in [0.3, 0.4) is 0 Å². The van der Waals surface area contributed by atoms with Gasteiger partial charge in [0.25, 0.3) is 5.91 Å². The number of hydrogen-bond acceptors (Lipinski definition) is 5. The van der Waals surface area contributed by atoms with Gasteiger partial charge in [0.05, 0.1) is 16.3 Å². The number of hydrogen-bond donors (Lipinski definition) is 2. The second-order valence-electron chi connectivity index (χ2n) is 7.50. The third kappa shape index (κ3) is 5.41. The highest BCUT2D eigenvalue weighted by molar-refractivity contribution is 7.89. The SMILES string of the molecule is C[C@@H]1C[NH+](CC(=O)Nc2cc(S(=O)(=O)N(C)C)ccc2N(C)C)C[C@@H](C)O1. The van der Waals surface area contributed by atoms with Gasteiger partial charge < -0.3 is 19.9 Å². The Morgan fingerprint density at radius 3 is 2.30 bits per heavy atom. The molecule has 1 aliphatic heterocycles. The van der Waals surface area contributed by atoms with E-state index in [0.29, 0.717) is 12.2 Å². The molecule has 1 fully saturated rings. The van der Waals surface area contributed by atoms with E-state index in [1.165, 1.54) is 20.2 Å². The van der Waals surface area contributed by atoms with Crippen molar-refractivity contribution in [3.8, 4) is 0 Å². The second-order valence-corrected chi connectivity index (χ2v) is 9.65. The summed E-state index contributed by atoms with van der Waals surface area (Å²) in [6, 6.07) is 4.77. The van der Waals surface area contributed by atoms with Crippen LogP contribution in [0, 0.1) is 0 Å². The van der Waals surface area contributed by atoms with Gasteiger partial charge in [0, 0.05) is 28.2 Å². The Bertz CT molecular complexity index is 770. The number of rotatable bonds is 6. The van der Waals surface area contributed by atoms with Crippen molar-refractivity contribution in [2.24, 2.45) is 0 Å². The predicted molar refractivity (Wildman–Crippen MR) is 106 cm³/mol. The number of ether oxygens (including phenoxy) is 1. The summed E-state index contributed by atoms with van der Waals surface area (Å²) in [6.07, 6.45) is 0.227. The smallest absolute Gasteiger partial charge is 0.279 e. The first-order chi connectivity index (χ1) is 12.5. The normalized spacial score (nSPS) is 23.3.